The van der Waals surface area contributed by atoms with Gasteiger partial charge in [-0.05, 0) is 24.6 Å². The fourth-order valence-electron chi connectivity index (χ4n) is 1.64. The van der Waals surface area contributed by atoms with Crippen molar-refractivity contribution in [3.63, 3.8) is 0 Å². The number of carbonyl (C=O) groups is 2. The Hall–Kier alpha value is -2.21. The normalized spacial score (nSPS) is 10.2. The highest BCUT2D eigenvalue weighted by Gasteiger charge is 2.12. The van der Waals surface area contributed by atoms with Gasteiger partial charge in [-0.25, -0.2) is 4.98 Å². The van der Waals surface area contributed by atoms with E-state index in [1.54, 1.807) is 36.7 Å². The zero-order chi connectivity index (χ0) is 13.8. The molecule has 2 N–H and O–H groups in total. The minimum atomic E-state index is -0.901. The molecule has 0 aliphatic heterocycles. The molecule has 1 aromatic heterocycles. The predicted molar refractivity (Wildman–Crippen MR) is 72.6 cm³/mol. The number of thiazole rings is 1. The summed E-state index contributed by atoms with van der Waals surface area (Å²) in [7, 11) is 0. The third-order valence-electron chi connectivity index (χ3n) is 2.49. The molecule has 5 nitrogen and oxygen atoms in total. The summed E-state index contributed by atoms with van der Waals surface area (Å²) in [4.78, 5) is 27.2. The molecule has 98 valence electrons. The summed E-state index contributed by atoms with van der Waals surface area (Å²) >= 11 is 1.27. The van der Waals surface area contributed by atoms with Gasteiger partial charge < -0.3 is 10.4 Å². The zero-order valence-electron chi connectivity index (χ0n) is 10.2. The van der Waals surface area contributed by atoms with Crippen molar-refractivity contribution in [1.29, 1.82) is 0 Å². The number of carboxylic acids is 1. The first-order valence-electron chi connectivity index (χ1n) is 5.58. The van der Waals surface area contributed by atoms with Gasteiger partial charge in [0.15, 0.2) is 0 Å². The summed E-state index contributed by atoms with van der Waals surface area (Å²) < 4.78 is 0. The molecule has 0 saturated carbocycles. The van der Waals surface area contributed by atoms with Gasteiger partial charge in [0, 0.05) is 5.69 Å². The van der Waals surface area contributed by atoms with Crippen molar-refractivity contribution in [2.45, 2.75) is 13.3 Å². The smallest absolute Gasteiger partial charge is 0.307 e. The molecule has 1 aromatic carbocycles. The van der Waals surface area contributed by atoms with Crippen LogP contribution in [0.3, 0.4) is 0 Å². The van der Waals surface area contributed by atoms with Crippen LogP contribution in [0.5, 0.6) is 0 Å². The maximum Gasteiger partial charge on any atom is 0.307 e. The number of rotatable bonds is 4. The monoisotopic (exact) mass is 276 g/mol. The third kappa shape index (κ3) is 3.38. The Bertz CT molecular complexity index is 622. The van der Waals surface area contributed by atoms with Gasteiger partial charge in [0.25, 0.3) is 5.91 Å². The summed E-state index contributed by atoms with van der Waals surface area (Å²) in [5, 5.41) is 11.5. The Morgan fingerprint density at radius 3 is 2.84 bits per heavy atom. The van der Waals surface area contributed by atoms with Gasteiger partial charge in [-0.2, -0.15) is 0 Å². The Morgan fingerprint density at radius 2 is 2.21 bits per heavy atom. The van der Waals surface area contributed by atoms with E-state index in [-0.39, 0.29) is 12.3 Å². The summed E-state index contributed by atoms with van der Waals surface area (Å²) in [6.07, 6.45) is -0.0662. The number of aryl methyl sites for hydroxylation is 1. The van der Waals surface area contributed by atoms with Crippen LogP contribution in [0.15, 0.2) is 29.8 Å². The molecular weight excluding hydrogens is 264 g/mol. The van der Waals surface area contributed by atoms with E-state index in [4.69, 9.17) is 5.11 Å². The van der Waals surface area contributed by atoms with Gasteiger partial charge in [0.1, 0.15) is 4.88 Å². The average molecular weight is 276 g/mol. The Labute approximate surface area is 113 Å². The van der Waals surface area contributed by atoms with Crippen molar-refractivity contribution < 1.29 is 14.7 Å². The molecule has 0 fully saturated rings. The lowest BCUT2D eigenvalue weighted by atomic mass is 10.1. The van der Waals surface area contributed by atoms with Crippen molar-refractivity contribution in [2.75, 3.05) is 5.32 Å². The maximum atomic E-state index is 12.0. The molecule has 0 unspecified atom stereocenters. The average Bonchev–Trinajstić information content (AvgIpc) is 2.75. The van der Waals surface area contributed by atoms with Gasteiger partial charge in [0.05, 0.1) is 17.6 Å². The van der Waals surface area contributed by atoms with Crippen molar-refractivity contribution in [3.05, 3.63) is 45.9 Å². The molecule has 0 spiro atoms. The lowest BCUT2D eigenvalue weighted by Gasteiger charge is -2.05. The minimum Gasteiger partial charge on any atom is -0.481 e. The van der Waals surface area contributed by atoms with Crippen molar-refractivity contribution in [1.82, 2.24) is 4.98 Å². The van der Waals surface area contributed by atoms with Crippen LogP contribution in [-0.2, 0) is 11.2 Å². The Kier molecular flexibility index (Phi) is 3.91. The van der Waals surface area contributed by atoms with E-state index in [2.05, 4.69) is 10.3 Å². The second-order valence-electron chi connectivity index (χ2n) is 3.99. The molecule has 0 aliphatic carbocycles. The maximum absolute atomic E-state index is 12.0. The van der Waals surface area contributed by atoms with Crippen LogP contribution in [0.2, 0.25) is 0 Å². The van der Waals surface area contributed by atoms with Gasteiger partial charge in [-0.3, -0.25) is 9.59 Å². The molecular formula is C13H12N2O3S. The zero-order valence-corrected chi connectivity index (χ0v) is 11.0. The number of hydrogen-bond donors (Lipinski definition) is 2. The molecule has 0 atom stereocenters. The molecule has 0 radical (unpaired) electrons. The third-order valence-corrected chi connectivity index (χ3v) is 3.42. The quantitative estimate of drug-likeness (QED) is 0.898. The lowest BCUT2D eigenvalue weighted by Crippen LogP contribution is -2.12. The van der Waals surface area contributed by atoms with Crippen LogP contribution < -0.4 is 5.32 Å². The highest BCUT2D eigenvalue weighted by molar-refractivity contribution is 7.12. The van der Waals surface area contributed by atoms with Gasteiger partial charge in [-0.1, -0.05) is 12.1 Å². The fraction of sp³-hybridized carbons (Fsp3) is 0.154. The first-order valence-corrected chi connectivity index (χ1v) is 6.46. The number of anilines is 1. The standard InChI is InChI=1S/C13H12N2O3S/c1-8-12(19-7-14-8)13(18)15-10-4-2-3-9(5-10)6-11(16)17/h2-5,7H,6H2,1H3,(H,15,18)(H,16,17). The summed E-state index contributed by atoms with van der Waals surface area (Å²) in [5.74, 6) is -1.13. The molecule has 2 aromatic rings. The van der Waals surface area contributed by atoms with E-state index in [0.717, 1.165) is 0 Å². The van der Waals surface area contributed by atoms with Gasteiger partial charge in [-0.15, -0.1) is 11.3 Å². The minimum absolute atomic E-state index is 0.0662. The van der Waals surface area contributed by atoms with Crippen LogP contribution in [-0.4, -0.2) is 22.0 Å². The molecule has 0 aliphatic rings. The summed E-state index contributed by atoms with van der Waals surface area (Å²) in [6.45, 7) is 1.77. The second-order valence-corrected chi connectivity index (χ2v) is 4.85. The number of amides is 1. The molecule has 19 heavy (non-hydrogen) atoms. The molecule has 0 bridgehead atoms. The number of aliphatic carboxylic acids is 1. The SMILES string of the molecule is Cc1ncsc1C(=O)Nc1cccc(CC(=O)O)c1. The highest BCUT2D eigenvalue weighted by Crippen LogP contribution is 2.16. The molecule has 0 saturated heterocycles. The van der Waals surface area contributed by atoms with E-state index in [0.29, 0.717) is 21.8 Å². The van der Waals surface area contributed by atoms with E-state index >= 15 is 0 Å². The number of aromatic nitrogens is 1. The number of hydrogen-bond acceptors (Lipinski definition) is 4. The first kappa shape index (κ1) is 13.2. The lowest BCUT2D eigenvalue weighted by molar-refractivity contribution is -0.136. The molecule has 2 rings (SSSR count). The van der Waals surface area contributed by atoms with Crippen LogP contribution >= 0.6 is 11.3 Å². The topological polar surface area (TPSA) is 79.3 Å². The Morgan fingerprint density at radius 1 is 1.42 bits per heavy atom. The number of carboxylic acid groups (broad SMARTS) is 1. The summed E-state index contributed by atoms with van der Waals surface area (Å²) in [5.41, 5.74) is 3.53. The fourth-order valence-corrected chi connectivity index (χ4v) is 2.34. The highest BCUT2D eigenvalue weighted by atomic mass is 32.1. The van der Waals surface area contributed by atoms with Gasteiger partial charge in [0.2, 0.25) is 0 Å². The number of benzene rings is 1. The first-order chi connectivity index (χ1) is 9.06. The molecule has 1 amide bonds. The van der Waals surface area contributed by atoms with Crippen LogP contribution in [0.25, 0.3) is 0 Å². The second kappa shape index (κ2) is 5.62. The van der Waals surface area contributed by atoms with Crippen molar-refractivity contribution in [3.8, 4) is 0 Å². The van der Waals surface area contributed by atoms with Crippen molar-refractivity contribution in [2.24, 2.45) is 0 Å². The summed E-state index contributed by atoms with van der Waals surface area (Å²) in [6, 6.07) is 6.80. The number of carbonyl (C=O) groups excluding carboxylic acids is 1. The largest absolute Gasteiger partial charge is 0.481 e. The molecule has 6 heteroatoms. The van der Waals surface area contributed by atoms with E-state index in [9.17, 15) is 9.59 Å². The van der Waals surface area contributed by atoms with Crippen molar-refractivity contribution >= 4 is 28.9 Å². The number of nitrogens with zero attached hydrogens (tertiary/aromatic N) is 1. The Balaban J connectivity index is 2.13. The number of nitrogens with one attached hydrogen (secondary N) is 1. The van der Waals surface area contributed by atoms with Crippen LogP contribution in [0.1, 0.15) is 20.9 Å². The molecule has 1 heterocycles. The van der Waals surface area contributed by atoms with Crippen LogP contribution in [0, 0.1) is 6.92 Å². The van der Waals surface area contributed by atoms with Crippen LogP contribution in [0.4, 0.5) is 5.69 Å². The van der Waals surface area contributed by atoms with E-state index in [1.165, 1.54) is 11.3 Å². The van der Waals surface area contributed by atoms with E-state index in [1.807, 2.05) is 0 Å². The van der Waals surface area contributed by atoms with Gasteiger partial charge >= 0.3 is 5.97 Å². The van der Waals surface area contributed by atoms with E-state index < -0.39 is 5.97 Å². The predicted octanol–water partition coefficient (Wildman–Crippen LogP) is 2.33.